The fourth-order valence-electron chi connectivity index (χ4n) is 4.01. The summed E-state index contributed by atoms with van der Waals surface area (Å²) in [6.45, 7) is 0. The first-order valence-corrected chi connectivity index (χ1v) is 9.39. The molecule has 2 aliphatic heterocycles. The van der Waals surface area contributed by atoms with Gasteiger partial charge in [0.15, 0.2) is 11.5 Å². The van der Waals surface area contributed by atoms with Crippen LogP contribution in [0.15, 0.2) is 71.8 Å². The first-order chi connectivity index (χ1) is 14.2. The van der Waals surface area contributed by atoms with Gasteiger partial charge in [-0.15, -0.1) is 0 Å². The van der Waals surface area contributed by atoms with Gasteiger partial charge in [-0.3, -0.25) is 0 Å². The Morgan fingerprint density at radius 3 is 2.72 bits per heavy atom. The summed E-state index contributed by atoms with van der Waals surface area (Å²) >= 11 is 0. The van der Waals surface area contributed by atoms with E-state index in [0.717, 1.165) is 11.3 Å². The Morgan fingerprint density at radius 2 is 1.93 bits per heavy atom. The number of hydrazone groups is 1. The summed E-state index contributed by atoms with van der Waals surface area (Å²) in [4.78, 5) is 0. The van der Waals surface area contributed by atoms with E-state index >= 15 is 0 Å². The highest BCUT2D eigenvalue weighted by Gasteiger charge is 2.42. The lowest BCUT2D eigenvalue weighted by atomic mass is 9.95. The Hall–Kier alpha value is -3.54. The second-order valence-electron chi connectivity index (χ2n) is 7.07. The SMILES string of the molecule is COc1cccc2c1OC(c1cccc(F)c1)N1N=C(c3ccccc3O)CC21. The summed E-state index contributed by atoms with van der Waals surface area (Å²) < 4.78 is 25.7. The molecule has 0 spiro atoms. The Bertz CT molecular complexity index is 1110. The van der Waals surface area contributed by atoms with Crippen molar-refractivity contribution in [3.8, 4) is 17.2 Å². The molecule has 0 aliphatic carbocycles. The highest BCUT2D eigenvalue weighted by atomic mass is 19.1. The highest BCUT2D eigenvalue weighted by Crippen LogP contribution is 2.50. The van der Waals surface area contributed by atoms with Crippen LogP contribution in [0.3, 0.4) is 0 Å². The molecule has 0 fully saturated rings. The standard InChI is InChI=1S/C23H19FN2O3/c1-28-21-11-5-9-17-19-13-18(16-8-2-3-10-20(16)27)25-26(19)23(29-22(17)21)14-6-4-7-15(24)12-14/h2-12,19,23,27H,13H2,1H3. The number of halogens is 1. The molecule has 3 aromatic rings. The van der Waals surface area contributed by atoms with Gasteiger partial charge in [0.25, 0.3) is 0 Å². The zero-order valence-electron chi connectivity index (χ0n) is 15.7. The molecule has 2 aliphatic rings. The number of nitrogens with zero attached hydrogens (tertiary/aromatic N) is 2. The summed E-state index contributed by atoms with van der Waals surface area (Å²) in [7, 11) is 1.60. The number of ether oxygens (including phenoxy) is 2. The Labute approximate surface area is 167 Å². The summed E-state index contributed by atoms with van der Waals surface area (Å²) in [5.74, 6) is 1.11. The number of para-hydroxylation sites is 2. The van der Waals surface area contributed by atoms with Crippen LogP contribution in [-0.4, -0.2) is 22.9 Å². The predicted octanol–water partition coefficient (Wildman–Crippen LogP) is 4.78. The van der Waals surface area contributed by atoms with E-state index in [4.69, 9.17) is 14.6 Å². The maximum Gasteiger partial charge on any atom is 0.214 e. The third-order valence-electron chi connectivity index (χ3n) is 5.35. The Balaban J connectivity index is 1.65. The van der Waals surface area contributed by atoms with Gasteiger partial charge in [-0.1, -0.05) is 36.4 Å². The minimum atomic E-state index is -0.608. The minimum absolute atomic E-state index is 0.114. The average molecular weight is 390 g/mol. The van der Waals surface area contributed by atoms with Crippen LogP contribution in [0.25, 0.3) is 0 Å². The van der Waals surface area contributed by atoms with E-state index in [1.165, 1.54) is 12.1 Å². The van der Waals surface area contributed by atoms with Crippen LogP contribution in [0.2, 0.25) is 0 Å². The van der Waals surface area contributed by atoms with Crippen LogP contribution in [-0.2, 0) is 0 Å². The van der Waals surface area contributed by atoms with Crippen LogP contribution < -0.4 is 9.47 Å². The number of hydrogen-bond acceptors (Lipinski definition) is 5. The Kier molecular flexibility index (Phi) is 4.12. The van der Waals surface area contributed by atoms with Gasteiger partial charge in [0, 0.05) is 23.1 Å². The highest BCUT2D eigenvalue weighted by molar-refractivity contribution is 6.04. The molecule has 3 aromatic carbocycles. The van der Waals surface area contributed by atoms with Crippen molar-refractivity contribution < 1.29 is 19.0 Å². The van der Waals surface area contributed by atoms with Crippen molar-refractivity contribution in [2.24, 2.45) is 5.10 Å². The molecular formula is C23H19FN2O3. The van der Waals surface area contributed by atoms with E-state index in [9.17, 15) is 9.50 Å². The molecule has 2 heterocycles. The molecule has 5 rings (SSSR count). The maximum absolute atomic E-state index is 13.9. The van der Waals surface area contributed by atoms with Crippen molar-refractivity contribution in [1.29, 1.82) is 0 Å². The quantitative estimate of drug-likeness (QED) is 0.699. The number of aromatic hydroxyl groups is 1. The molecule has 146 valence electrons. The van der Waals surface area contributed by atoms with Crippen molar-refractivity contribution in [2.45, 2.75) is 18.7 Å². The molecule has 0 saturated heterocycles. The van der Waals surface area contributed by atoms with Gasteiger partial charge in [-0.2, -0.15) is 5.10 Å². The second-order valence-corrected chi connectivity index (χ2v) is 7.07. The van der Waals surface area contributed by atoms with Crippen molar-refractivity contribution >= 4 is 5.71 Å². The van der Waals surface area contributed by atoms with E-state index in [0.29, 0.717) is 29.0 Å². The molecule has 1 N–H and O–H groups in total. The lowest BCUT2D eigenvalue weighted by Gasteiger charge is -2.38. The monoisotopic (exact) mass is 390 g/mol. The third-order valence-corrected chi connectivity index (χ3v) is 5.35. The summed E-state index contributed by atoms with van der Waals surface area (Å²) in [6, 6.07) is 19.1. The third kappa shape index (κ3) is 2.88. The van der Waals surface area contributed by atoms with Crippen LogP contribution in [0.4, 0.5) is 4.39 Å². The molecule has 6 heteroatoms. The molecule has 0 bridgehead atoms. The van der Waals surface area contributed by atoms with Gasteiger partial charge in [0.1, 0.15) is 11.6 Å². The molecule has 5 nitrogen and oxygen atoms in total. The van der Waals surface area contributed by atoms with Gasteiger partial charge < -0.3 is 14.6 Å². The lowest BCUT2D eigenvalue weighted by molar-refractivity contribution is -0.0210. The molecule has 0 amide bonds. The summed E-state index contributed by atoms with van der Waals surface area (Å²) in [5, 5.41) is 16.9. The van der Waals surface area contributed by atoms with Gasteiger partial charge in [-0.05, 0) is 30.3 Å². The van der Waals surface area contributed by atoms with Crippen molar-refractivity contribution in [1.82, 2.24) is 5.01 Å². The predicted molar refractivity (Wildman–Crippen MR) is 107 cm³/mol. The molecule has 0 radical (unpaired) electrons. The van der Waals surface area contributed by atoms with Gasteiger partial charge in [0.05, 0.1) is 18.9 Å². The summed E-state index contributed by atoms with van der Waals surface area (Å²) in [5.41, 5.74) is 3.05. The van der Waals surface area contributed by atoms with Crippen molar-refractivity contribution in [2.75, 3.05) is 7.11 Å². The zero-order valence-corrected chi connectivity index (χ0v) is 15.7. The van der Waals surface area contributed by atoms with Crippen molar-refractivity contribution in [3.05, 3.63) is 89.2 Å². The number of methoxy groups -OCH3 is 1. The van der Waals surface area contributed by atoms with Crippen LogP contribution in [0, 0.1) is 5.82 Å². The molecule has 29 heavy (non-hydrogen) atoms. The van der Waals surface area contributed by atoms with Crippen LogP contribution >= 0.6 is 0 Å². The smallest absolute Gasteiger partial charge is 0.214 e. The van der Waals surface area contributed by atoms with E-state index in [1.54, 1.807) is 25.3 Å². The fraction of sp³-hybridized carbons (Fsp3) is 0.174. The fourth-order valence-corrected chi connectivity index (χ4v) is 4.01. The Morgan fingerprint density at radius 1 is 1.10 bits per heavy atom. The van der Waals surface area contributed by atoms with Gasteiger partial charge in [-0.25, -0.2) is 9.40 Å². The second kappa shape index (κ2) is 6.81. The molecule has 2 unspecified atom stereocenters. The normalized spacial score (nSPS) is 19.8. The molecular weight excluding hydrogens is 371 g/mol. The number of phenolic OH excluding ortho intramolecular Hbond substituents is 1. The number of benzene rings is 3. The van der Waals surface area contributed by atoms with Crippen molar-refractivity contribution in [3.63, 3.8) is 0 Å². The molecule has 2 atom stereocenters. The average Bonchev–Trinajstić information content (AvgIpc) is 3.18. The number of rotatable bonds is 3. The first-order valence-electron chi connectivity index (χ1n) is 9.39. The maximum atomic E-state index is 13.9. The largest absolute Gasteiger partial charge is 0.507 e. The number of phenols is 1. The van der Waals surface area contributed by atoms with Gasteiger partial charge >= 0.3 is 0 Å². The van der Waals surface area contributed by atoms with E-state index in [-0.39, 0.29) is 17.6 Å². The van der Waals surface area contributed by atoms with Crippen LogP contribution in [0.1, 0.15) is 35.4 Å². The molecule has 0 saturated carbocycles. The van der Waals surface area contributed by atoms with E-state index < -0.39 is 6.23 Å². The van der Waals surface area contributed by atoms with Crippen LogP contribution in [0.5, 0.6) is 17.2 Å². The minimum Gasteiger partial charge on any atom is -0.507 e. The first kappa shape index (κ1) is 17.6. The van der Waals surface area contributed by atoms with Gasteiger partial charge in [0.2, 0.25) is 6.23 Å². The number of fused-ring (bicyclic) bond motifs is 3. The molecule has 0 aromatic heterocycles. The zero-order chi connectivity index (χ0) is 20.0. The lowest BCUT2D eigenvalue weighted by Crippen LogP contribution is -2.34. The van der Waals surface area contributed by atoms with E-state index in [2.05, 4.69) is 0 Å². The topological polar surface area (TPSA) is 54.3 Å². The summed E-state index contributed by atoms with van der Waals surface area (Å²) in [6.07, 6.45) is -0.0183. The van der Waals surface area contributed by atoms with E-state index in [1.807, 2.05) is 41.4 Å². The number of hydrogen-bond donors (Lipinski definition) is 1.